The Labute approximate surface area is 203 Å². The molecule has 0 aliphatic rings. The lowest BCUT2D eigenvalue weighted by atomic mass is 9.99. The van der Waals surface area contributed by atoms with Crippen molar-refractivity contribution < 1.29 is 9.53 Å². The molecule has 2 aromatic heterocycles. The minimum atomic E-state index is -0.107. The standard InChI is InChI=1S/C26H27N5O2S/c1-4-18(2)19-8-10-20(11-9-19)28-24(32)17-34-26-30-29-25(23-7-5-6-16-27-23)31(26)21-12-14-22(33-3)15-13-21/h5-16,18H,4,17H2,1-3H3,(H,28,32)/t18-/m0/s1. The third kappa shape index (κ3) is 5.46. The Morgan fingerprint density at radius 2 is 1.82 bits per heavy atom. The van der Waals surface area contributed by atoms with Gasteiger partial charge in [0.05, 0.1) is 18.6 Å². The summed E-state index contributed by atoms with van der Waals surface area (Å²) in [7, 11) is 1.63. The van der Waals surface area contributed by atoms with E-state index in [2.05, 4.69) is 46.5 Å². The first-order valence-corrected chi connectivity index (χ1v) is 12.1. The Morgan fingerprint density at radius 3 is 2.47 bits per heavy atom. The Balaban J connectivity index is 1.52. The molecule has 8 heteroatoms. The molecule has 0 spiro atoms. The summed E-state index contributed by atoms with van der Waals surface area (Å²) in [4.78, 5) is 17.1. The van der Waals surface area contributed by atoms with Gasteiger partial charge in [0.15, 0.2) is 11.0 Å². The van der Waals surface area contributed by atoms with Crippen molar-refractivity contribution >= 4 is 23.4 Å². The van der Waals surface area contributed by atoms with E-state index >= 15 is 0 Å². The van der Waals surface area contributed by atoms with Crippen LogP contribution >= 0.6 is 11.8 Å². The van der Waals surface area contributed by atoms with Crippen LogP contribution in [0.3, 0.4) is 0 Å². The quantitative estimate of drug-likeness (QED) is 0.320. The Bertz CT molecular complexity index is 1220. The van der Waals surface area contributed by atoms with E-state index in [1.54, 1.807) is 13.3 Å². The molecule has 2 aromatic carbocycles. The van der Waals surface area contributed by atoms with Gasteiger partial charge >= 0.3 is 0 Å². The predicted octanol–water partition coefficient (Wildman–Crippen LogP) is 5.58. The molecule has 0 unspecified atom stereocenters. The van der Waals surface area contributed by atoms with Gasteiger partial charge in [-0.15, -0.1) is 10.2 Å². The van der Waals surface area contributed by atoms with Crippen LogP contribution in [0.4, 0.5) is 5.69 Å². The first kappa shape index (κ1) is 23.5. The second kappa shape index (κ2) is 11.0. The minimum absolute atomic E-state index is 0.107. The molecule has 1 N–H and O–H groups in total. The van der Waals surface area contributed by atoms with Crippen LogP contribution in [-0.2, 0) is 4.79 Å². The number of carbonyl (C=O) groups excluding carboxylic acids is 1. The van der Waals surface area contributed by atoms with E-state index in [9.17, 15) is 4.79 Å². The van der Waals surface area contributed by atoms with Crippen LogP contribution in [-0.4, -0.2) is 38.5 Å². The minimum Gasteiger partial charge on any atom is -0.497 e. The molecule has 7 nitrogen and oxygen atoms in total. The highest BCUT2D eigenvalue weighted by Crippen LogP contribution is 2.28. The van der Waals surface area contributed by atoms with Crippen LogP contribution in [0.15, 0.2) is 78.1 Å². The number of hydrogen-bond donors (Lipinski definition) is 1. The molecule has 174 valence electrons. The van der Waals surface area contributed by atoms with Crippen LogP contribution in [0.25, 0.3) is 17.2 Å². The molecule has 0 aliphatic heterocycles. The number of rotatable bonds is 9. The maximum Gasteiger partial charge on any atom is 0.234 e. The van der Waals surface area contributed by atoms with Gasteiger partial charge in [-0.05, 0) is 66.4 Å². The first-order chi connectivity index (χ1) is 16.6. The summed E-state index contributed by atoms with van der Waals surface area (Å²) in [5, 5.41) is 12.3. The van der Waals surface area contributed by atoms with Gasteiger partial charge in [-0.2, -0.15) is 0 Å². The lowest BCUT2D eigenvalue weighted by molar-refractivity contribution is -0.113. The number of nitrogens with one attached hydrogen (secondary N) is 1. The average molecular weight is 474 g/mol. The summed E-state index contributed by atoms with van der Waals surface area (Å²) in [5.41, 5.74) is 3.60. The summed E-state index contributed by atoms with van der Waals surface area (Å²) < 4.78 is 7.19. The van der Waals surface area contributed by atoms with Gasteiger partial charge in [0.2, 0.25) is 5.91 Å². The molecule has 1 atom stereocenters. The summed E-state index contributed by atoms with van der Waals surface area (Å²) in [6.45, 7) is 4.37. The zero-order chi connectivity index (χ0) is 23.9. The number of nitrogens with zero attached hydrogens (tertiary/aromatic N) is 4. The third-order valence-corrected chi connectivity index (χ3v) is 6.50. The Morgan fingerprint density at radius 1 is 1.06 bits per heavy atom. The molecule has 0 saturated carbocycles. The van der Waals surface area contributed by atoms with Crippen molar-refractivity contribution in [3.63, 3.8) is 0 Å². The number of anilines is 1. The third-order valence-electron chi connectivity index (χ3n) is 5.57. The normalized spacial score (nSPS) is 11.7. The summed E-state index contributed by atoms with van der Waals surface area (Å²) in [6.07, 6.45) is 2.80. The summed E-state index contributed by atoms with van der Waals surface area (Å²) in [6, 6.07) is 21.3. The molecule has 1 amide bonds. The molecule has 0 saturated heterocycles. The van der Waals surface area contributed by atoms with Gasteiger partial charge in [0, 0.05) is 11.9 Å². The van der Waals surface area contributed by atoms with Gasteiger partial charge in [-0.25, -0.2) is 0 Å². The van der Waals surface area contributed by atoms with Crippen molar-refractivity contribution in [3.8, 4) is 23.0 Å². The Kier molecular flexibility index (Phi) is 7.59. The second-order valence-electron chi connectivity index (χ2n) is 7.82. The molecule has 0 aliphatic carbocycles. The molecule has 0 bridgehead atoms. The van der Waals surface area contributed by atoms with Crippen LogP contribution in [0.5, 0.6) is 5.75 Å². The number of hydrogen-bond acceptors (Lipinski definition) is 6. The molecule has 34 heavy (non-hydrogen) atoms. The van der Waals surface area contributed by atoms with Crippen LogP contribution < -0.4 is 10.1 Å². The largest absolute Gasteiger partial charge is 0.497 e. The predicted molar refractivity (Wildman–Crippen MR) is 136 cm³/mol. The zero-order valence-electron chi connectivity index (χ0n) is 19.4. The number of carbonyl (C=O) groups is 1. The van der Waals surface area contributed by atoms with E-state index in [4.69, 9.17) is 4.74 Å². The van der Waals surface area contributed by atoms with Crippen molar-refractivity contribution in [1.29, 1.82) is 0 Å². The van der Waals surface area contributed by atoms with Crippen LogP contribution in [0.2, 0.25) is 0 Å². The number of ether oxygens (including phenoxy) is 1. The van der Waals surface area contributed by atoms with E-state index in [0.717, 1.165) is 23.5 Å². The van der Waals surface area contributed by atoms with E-state index in [1.807, 2.05) is 59.2 Å². The number of amides is 1. The highest BCUT2D eigenvalue weighted by Gasteiger charge is 2.18. The fraction of sp³-hybridized carbons (Fsp3) is 0.231. The summed E-state index contributed by atoms with van der Waals surface area (Å²) >= 11 is 1.32. The van der Waals surface area contributed by atoms with E-state index in [-0.39, 0.29) is 11.7 Å². The van der Waals surface area contributed by atoms with Crippen LogP contribution in [0, 0.1) is 0 Å². The zero-order valence-corrected chi connectivity index (χ0v) is 20.2. The Hall–Kier alpha value is -3.65. The number of benzene rings is 2. The molecular weight excluding hydrogens is 446 g/mol. The SMILES string of the molecule is CC[C@H](C)c1ccc(NC(=O)CSc2nnc(-c3ccccn3)n2-c2ccc(OC)cc2)cc1. The molecule has 2 heterocycles. The molecule has 4 rings (SSSR count). The lowest BCUT2D eigenvalue weighted by Gasteiger charge is -2.12. The fourth-order valence-corrected chi connectivity index (χ4v) is 4.20. The van der Waals surface area contributed by atoms with E-state index in [0.29, 0.717) is 22.6 Å². The van der Waals surface area contributed by atoms with Crippen molar-refractivity contribution in [3.05, 3.63) is 78.5 Å². The van der Waals surface area contributed by atoms with Gasteiger partial charge in [0.1, 0.15) is 11.4 Å². The maximum absolute atomic E-state index is 12.7. The van der Waals surface area contributed by atoms with Gasteiger partial charge in [0.25, 0.3) is 0 Å². The first-order valence-electron chi connectivity index (χ1n) is 11.1. The van der Waals surface area contributed by atoms with E-state index < -0.39 is 0 Å². The van der Waals surface area contributed by atoms with Crippen molar-refractivity contribution in [2.75, 3.05) is 18.2 Å². The van der Waals surface area contributed by atoms with Gasteiger partial charge in [-0.3, -0.25) is 14.3 Å². The second-order valence-corrected chi connectivity index (χ2v) is 8.77. The number of aromatic nitrogens is 4. The highest BCUT2D eigenvalue weighted by atomic mass is 32.2. The number of pyridine rings is 1. The van der Waals surface area contributed by atoms with Gasteiger partial charge < -0.3 is 10.1 Å². The fourth-order valence-electron chi connectivity index (χ4n) is 3.45. The van der Waals surface area contributed by atoms with Crippen molar-refractivity contribution in [2.24, 2.45) is 0 Å². The smallest absolute Gasteiger partial charge is 0.234 e. The molecule has 0 radical (unpaired) electrons. The lowest BCUT2D eigenvalue weighted by Crippen LogP contribution is -2.14. The van der Waals surface area contributed by atoms with Gasteiger partial charge in [-0.1, -0.05) is 43.8 Å². The van der Waals surface area contributed by atoms with Crippen molar-refractivity contribution in [1.82, 2.24) is 19.7 Å². The topological polar surface area (TPSA) is 81.9 Å². The molecular formula is C26H27N5O2S. The monoisotopic (exact) mass is 473 g/mol. The highest BCUT2D eigenvalue weighted by molar-refractivity contribution is 7.99. The number of methoxy groups -OCH3 is 1. The molecule has 4 aromatic rings. The van der Waals surface area contributed by atoms with Crippen LogP contribution in [0.1, 0.15) is 31.7 Å². The number of thioether (sulfide) groups is 1. The van der Waals surface area contributed by atoms with E-state index in [1.165, 1.54) is 17.3 Å². The average Bonchev–Trinajstić information content (AvgIpc) is 3.32. The maximum atomic E-state index is 12.7. The van der Waals surface area contributed by atoms with Crippen molar-refractivity contribution in [2.45, 2.75) is 31.3 Å². The summed E-state index contributed by atoms with van der Waals surface area (Å²) in [5.74, 6) is 1.95. The molecule has 0 fully saturated rings.